The summed E-state index contributed by atoms with van der Waals surface area (Å²) in [5.41, 5.74) is 6.11. The van der Waals surface area contributed by atoms with Crippen LogP contribution in [0.25, 0.3) is 0 Å². The lowest BCUT2D eigenvalue weighted by Crippen LogP contribution is -2.39. The van der Waals surface area contributed by atoms with Crippen molar-refractivity contribution in [1.29, 1.82) is 0 Å². The third kappa shape index (κ3) is 3.20. The number of alkyl halides is 3. The van der Waals surface area contributed by atoms with E-state index in [1.54, 1.807) is 11.0 Å². The number of anilines is 1. The minimum absolute atomic E-state index is 0.0139. The van der Waals surface area contributed by atoms with Gasteiger partial charge >= 0.3 is 6.18 Å². The van der Waals surface area contributed by atoms with Gasteiger partial charge in [0.25, 0.3) is 0 Å². The average Bonchev–Trinajstić information content (AvgIpc) is 2.37. The van der Waals surface area contributed by atoms with Crippen LogP contribution in [0, 0.1) is 11.7 Å². The highest BCUT2D eigenvalue weighted by Crippen LogP contribution is 2.35. The predicted molar refractivity (Wildman–Crippen MR) is 73.3 cm³/mol. The molecule has 1 saturated heterocycles. The fourth-order valence-corrected chi connectivity index (χ4v) is 2.49. The summed E-state index contributed by atoms with van der Waals surface area (Å²) in [5.74, 6) is -1.81. The van der Waals surface area contributed by atoms with Crippen LogP contribution >= 0.6 is 12.2 Å². The van der Waals surface area contributed by atoms with Crippen LogP contribution in [0.4, 0.5) is 23.2 Å². The molecule has 1 aromatic carbocycles. The van der Waals surface area contributed by atoms with Gasteiger partial charge in [-0.1, -0.05) is 12.2 Å². The van der Waals surface area contributed by atoms with Crippen molar-refractivity contribution in [1.82, 2.24) is 0 Å². The summed E-state index contributed by atoms with van der Waals surface area (Å²) in [5, 5.41) is 0. The van der Waals surface area contributed by atoms with E-state index in [0.717, 1.165) is 0 Å². The molecule has 110 valence electrons. The SMILES string of the molecule is NC(=S)c1ccc(N2CCC(C(F)(F)F)CC2)c(F)c1. The number of nitrogens with two attached hydrogens (primary N) is 1. The topological polar surface area (TPSA) is 29.3 Å². The second-order valence-electron chi connectivity index (χ2n) is 4.83. The molecule has 1 fully saturated rings. The Balaban J connectivity index is 2.09. The Labute approximate surface area is 119 Å². The highest BCUT2D eigenvalue weighted by molar-refractivity contribution is 7.80. The molecule has 0 atom stereocenters. The summed E-state index contributed by atoms with van der Waals surface area (Å²) in [6, 6.07) is 4.31. The summed E-state index contributed by atoms with van der Waals surface area (Å²) in [6.45, 7) is 0.376. The zero-order chi connectivity index (χ0) is 14.9. The predicted octanol–water partition coefficient (Wildman–Crippen LogP) is 3.24. The van der Waals surface area contributed by atoms with E-state index in [0.29, 0.717) is 11.3 Å². The van der Waals surface area contributed by atoms with Crippen molar-refractivity contribution in [2.24, 2.45) is 11.7 Å². The normalized spacial score (nSPS) is 17.3. The van der Waals surface area contributed by atoms with Crippen LogP contribution in [0.5, 0.6) is 0 Å². The molecule has 2 rings (SSSR count). The molecule has 0 aliphatic carbocycles. The van der Waals surface area contributed by atoms with Crippen LogP contribution in [-0.2, 0) is 0 Å². The molecule has 2 N–H and O–H groups in total. The Bertz CT molecular complexity index is 508. The quantitative estimate of drug-likeness (QED) is 0.672. The van der Waals surface area contributed by atoms with Gasteiger partial charge in [-0.25, -0.2) is 4.39 Å². The molecule has 1 aromatic rings. The third-order valence-electron chi connectivity index (χ3n) is 3.53. The number of hydrogen-bond acceptors (Lipinski definition) is 2. The summed E-state index contributed by atoms with van der Waals surface area (Å²) in [4.78, 5) is 1.72. The van der Waals surface area contributed by atoms with Crippen LogP contribution in [0.3, 0.4) is 0 Å². The zero-order valence-electron chi connectivity index (χ0n) is 10.6. The van der Waals surface area contributed by atoms with E-state index in [1.807, 2.05) is 0 Å². The first-order valence-corrected chi connectivity index (χ1v) is 6.61. The van der Waals surface area contributed by atoms with Crippen LogP contribution in [0.15, 0.2) is 18.2 Å². The lowest BCUT2D eigenvalue weighted by Gasteiger charge is -2.34. The maximum Gasteiger partial charge on any atom is 0.391 e. The lowest BCUT2D eigenvalue weighted by atomic mass is 9.96. The number of benzene rings is 1. The number of hydrogen-bond donors (Lipinski definition) is 1. The largest absolute Gasteiger partial charge is 0.391 e. The fraction of sp³-hybridized carbons (Fsp3) is 0.462. The highest BCUT2D eigenvalue weighted by atomic mass is 32.1. The third-order valence-corrected chi connectivity index (χ3v) is 3.77. The van der Waals surface area contributed by atoms with Gasteiger partial charge in [-0.05, 0) is 31.0 Å². The van der Waals surface area contributed by atoms with Gasteiger partial charge in [-0.3, -0.25) is 0 Å². The minimum atomic E-state index is -4.17. The summed E-state index contributed by atoms with van der Waals surface area (Å²) < 4.78 is 51.7. The second kappa shape index (κ2) is 5.55. The molecule has 2 nitrogen and oxygen atoms in total. The Morgan fingerprint density at radius 3 is 2.30 bits per heavy atom. The number of rotatable bonds is 2. The molecule has 0 bridgehead atoms. The Morgan fingerprint density at radius 2 is 1.85 bits per heavy atom. The van der Waals surface area contributed by atoms with E-state index in [9.17, 15) is 17.6 Å². The molecule has 20 heavy (non-hydrogen) atoms. The molecule has 0 spiro atoms. The molecule has 1 aliphatic heterocycles. The van der Waals surface area contributed by atoms with Crippen molar-refractivity contribution in [3.05, 3.63) is 29.6 Å². The van der Waals surface area contributed by atoms with Crippen molar-refractivity contribution < 1.29 is 17.6 Å². The van der Waals surface area contributed by atoms with Gasteiger partial charge in [0, 0.05) is 18.7 Å². The second-order valence-corrected chi connectivity index (χ2v) is 5.27. The van der Waals surface area contributed by atoms with Crippen LogP contribution < -0.4 is 10.6 Å². The van der Waals surface area contributed by atoms with E-state index in [1.165, 1.54) is 12.1 Å². The van der Waals surface area contributed by atoms with Crippen LogP contribution in [-0.4, -0.2) is 24.3 Å². The fourth-order valence-electron chi connectivity index (χ4n) is 2.36. The zero-order valence-corrected chi connectivity index (χ0v) is 11.4. The maximum absolute atomic E-state index is 13.9. The Morgan fingerprint density at radius 1 is 1.25 bits per heavy atom. The van der Waals surface area contributed by atoms with Crippen molar-refractivity contribution in [2.75, 3.05) is 18.0 Å². The molecule has 1 heterocycles. The van der Waals surface area contributed by atoms with Gasteiger partial charge in [0.05, 0.1) is 11.6 Å². The molecule has 7 heteroatoms. The van der Waals surface area contributed by atoms with Crippen LogP contribution in [0.2, 0.25) is 0 Å². The van der Waals surface area contributed by atoms with Crippen molar-refractivity contribution in [3.63, 3.8) is 0 Å². The molecule has 1 aliphatic rings. The molecule has 0 aromatic heterocycles. The van der Waals surface area contributed by atoms with E-state index < -0.39 is 17.9 Å². The maximum atomic E-state index is 13.9. The standard InChI is InChI=1S/C13H14F4N2S/c14-10-7-8(12(18)20)1-2-11(10)19-5-3-9(4-6-19)13(15,16)17/h1-2,7,9H,3-6H2,(H2,18,20). The first-order chi connectivity index (χ1) is 9.29. The van der Waals surface area contributed by atoms with Crippen molar-refractivity contribution in [2.45, 2.75) is 19.0 Å². The number of piperidine rings is 1. The summed E-state index contributed by atoms with van der Waals surface area (Å²) in [7, 11) is 0. The number of thiocarbonyl (C=S) groups is 1. The molecule has 0 radical (unpaired) electrons. The minimum Gasteiger partial charge on any atom is -0.389 e. The number of halogens is 4. The van der Waals surface area contributed by atoms with E-state index >= 15 is 0 Å². The van der Waals surface area contributed by atoms with Gasteiger partial charge in [0.1, 0.15) is 10.8 Å². The molecule has 0 saturated carbocycles. The van der Waals surface area contributed by atoms with Crippen molar-refractivity contribution >= 4 is 22.9 Å². The van der Waals surface area contributed by atoms with Gasteiger partial charge < -0.3 is 10.6 Å². The Kier molecular flexibility index (Phi) is 4.17. The smallest absolute Gasteiger partial charge is 0.389 e. The van der Waals surface area contributed by atoms with Gasteiger partial charge in [0.15, 0.2) is 0 Å². The van der Waals surface area contributed by atoms with E-state index in [-0.39, 0.29) is 30.9 Å². The monoisotopic (exact) mass is 306 g/mol. The molecule has 0 amide bonds. The van der Waals surface area contributed by atoms with Crippen molar-refractivity contribution in [3.8, 4) is 0 Å². The van der Waals surface area contributed by atoms with Gasteiger partial charge in [-0.15, -0.1) is 0 Å². The van der Waals surface area contributed by atoms with E-state index in [4.69, 9.17) is 18.0 Å². The lowest BCUT2D eigenvalue weighted by molar-refractivity contribution is -0.179. The van der Waals surface area contributed by atoms with E-state index in [2.05, 4.69) is 0 Å². The molecular weight excluding hydrogens is 292 g/mol. The number of nitrogens with zero attached hydrogens (tertiary/aromatic N) is 1. The van der Waals surface area contributed by atoms with Gasteiger partial charge in [-0.2, -0.15) is 13.2 Å². The molecule has 0 unspecified atom stereocenters. The average molecular weight is 306 g/mol. The Hall–Kier alpha value is -1.37. The molecular formula is C13H14F4N2S. The first-order valence-electron chi connectivity index (χ1n) is 6.20. The summed E-state index contributed by atoms with van der Waals surface area (Å²) >= 11 is 4.75. The first kappa shape index (κ1) is 15.0. The van der Waals surface area contributed by atoms with Gasteiger partial charge in [0.2, 0.25) is 0 Å². The summed E-state index contributed by atoms with van der Waals surface area (Å²) in [6.07, 6.45) is -4.19. The highest BCUT2D eigenvalue weighted by Gasteiger charge is 2.41. The van der Waals surface area contributed by atoms with Crippen LogP contribution in [0.1, 0.15) is 18.4 Å².